The molecule has 2 aliphatic carbocycles. The molecule has 2 amide bonds. The van der Waals surface area contributed by atoms with Crippen molar-refractivity contribution in [2.75, 3.05) is 18.4 Å². The summed E-state index contributed by atoms with van der Waals surface area (Å²) in [6.45, 7) is 5.01. The Morgan fingerprint density at radius 2 is 1.73 bits per heavy atom. The molecule has 3 rings (SSSR count). The molecule has 144 valence electrons. The number of urea groups is 1. The van der Waals surface area contributed by atoms with E-state index < -0.39 is 21.3 Å². The number of rotatable bonds is 7. The van der Waals surface area contributed by atoms with Crippen LogP contribution in [0.1, 0.15) is 55.4 Å². The van der Waals surface area contributed by atoms with Crippen molar-refractivity contribution in [1.82, 2.24) is 10.0 Å². The number of carbonyl (C=O) groups excluding carboxylic acids is 1. The Morgan fingerprint density at radius 3 is 2.31 bits per heavy atom. The molecule has 6 nitrogen and oxygen atoms in total. The maximum atomic E-state index is 12.4. The summed E-state index contributed by atoms with van der Waals surface area (Å²) in [4.78, 5) is 12.4. The number of anilines is 1. The van der Waals surface area contributed by atoms with Crippen LogP contribution in [-0.4, -0.2) is 32.8 Å². The molecule has 1 unspecified atom stereocenters. The SMILES string of the molecule is CCNCCC(C)S(=O)(=O)NC(=O)Nc1c2c(cc3c1CCC3)CCC2. The lowest BCUT2D eigenvalue weighted by atomic mass is 9.99. The molecule has 1 atom stereocenters. The lowest BCUT2D eigenvalue weighted by Gasteiger charge is -2.18. The Kier molecular flexibility index (Phi) is 5.87. The quantitative estimate of drug-likeness (QED) is 0.635. The zero-order valence-electron chi connectivity index (χ0n) is 15.7. The Hall–Kier alpha value is -1.60. The van der Waals surface area contributed by atoms with Gasteiger partial charge in [-0.15, -0.1) is 0 Å². The van der Waals surface area contributed by atoms with Crippen molar-refractivity contribution in [2.24, 2.45) is 0 Å². The van der Waals surface area contributed by atoms with Crippen molar-refractivity contribution >= 4 is 21.7 Å². The van der Waals surface area contributed by atoms with Crippen LogP contribution in [0, 0.1) is 0 Å². The molecule has 0 fully saturated rings. The van der Waals surface area contributed by atoms with Gasteiger partial charge in [0.2, 0.25) is 10.0 Å². The van der Waals surface area contributed by atoms with Crippen molar-refractivity contribution < 1.29 is 13.2 Å². The number of amides is 2. The highest BCUT2D eigenvalue weighted by Gasteiger charge is 2.27. The summed E-state index contributed by atoms with van der Waals surface area (Å²) < 4.78 is 27.0. The largest absolute Gasteiger partial charge is 0.332 e. The number of sulfonamides is 1. The normalized spacial score (nSPS) is 16.8. The molecule has 26 heavy (non-hydrogen) atoms. The zero-order valence-corrected chi connectivity index (χ0v) is 16.5. The first kappa shape index (κ1) is 19.2. The van der Waals surface area contributed by atoms with Crippen LogP contribution < -0.4 is 15.4 Å². The van der Waals surface area contributed by atoms with Crippen molar-refractivity contribution in [2.45, 2.75) is 64.0 Å². The highest BCUT2D eigenvalue weighted by Crippen LogP contribution is 2.38. The van der Waals surface area contributed by atoms with Gasteiger partial charge in [-0.2, -0.15) is 0 Å². The van der Waals surface area contributed by atoms with Gasteiger partial charge in [0, 0.05) is 5.69 Å². The van der Waals surface area contributed by atoms with Crippen molar-refractivity contribution in [1.29, 1.82) is 0 Å². The van der Waals surface area contributed by atoms with Crippen LogP contribution in [0.5, 0.6) is 0 Å². The molecular weight excluding hydrogens is 350 g/mol. The summed E-state index contributed by atoms with van der Waals surface area (Å²) in [5.41, 5.74) is 5.86. The van der Waals surface area contributed by atoms with E-state index >= 15 is 0 Å². The Bertz CT molecular complexity index is 757. The first-order chi connectivity index (χ1) is 12.4. The molecule has 7 heteroatoms. The Morgan fingerprint density at radius 1 is 1.12 bits per heavy atom. The van der Waals surface area contributed by atoms with Crippen LogP contribution in [0.4, 0.5) is 10.5 Å². The second-order valence-electron chi connectivity index (χ2n) is 7.29. The minimum atomic E-state index is -3.69. The molecule has 2 aliphatic rings. The topological polar surface area (TPSA) is 87.3 Å². The van der Waals surface area contributed by atoms with Gasteiger partial charge in [-0.25, -0.2) is 17.9 Å². The lowest BCUT2D eigenvalue weighted by Crippen LogP contribution is -2.40. The average molecular weight is 380 g/mol. The third-order valence-electron chi connectivity index (χ3n) is 5.45. The van der Waals surface area contributed by atoms with Crippen molar-refractivity contribution in [3.05, 3.63) is 28.3 Å². The fourth-order valence-corrected chi connectivity index (χ4v) is 4.91. The maximum absolute atomic E-state index is 12.4. The Balaban J connectivity index is 1.71. The predicted octanol–water partition coefficient (Wildman–Crippen LogP) is 2.50. The van der Waals surface area contributed by atoms with Crippen LogP contribution in [0.2, 0.25) is 0 Å². The van der Waals surface area contributed by atoms with E-state index in [1.54, 1.807) is 6.92 Å². The van der Waals surface area contributed by atoms with Gasteiger partial charge in [0.15, 0.2) is 0 Å². The van der Waals surface area contributed by atoms with Gasteiger partial charge in [0.05, 0.1) is 5.25 Å². The fraction of sp³-hybridized carbons (Fsp3) is 0.632. The number of hydrogen-bond donors (Lipinski definition) is 3. The first-order valence-electron chi connectivity index (χ1n) is 9.62. The highest BCUT2D eigenvalue weighted by molar-refractivity contribution is 7.90. The molecule has 0 saturated heterocycles. The van der Waals surface area contributed by atoms with Gasteiger partial charge in [-0.3, -0.25) is 0 Å². The van der Waals surface area contributed by atoms with Crippen LogP contribution in [0.15, 0.2) is 6.07 Å². The summed E-state index contributed by atoms with van der Waals surface area (Å²) in [7, 11) is -3.69. The second-order valence-corrected chi connectivity index (χ2v) is 9.39. The van der Waals surface area contributed by atoms with E-state index in [9.17, 15) is 13.2 Å². The van der Waals surface area contributed by atoms with Crippen molar-refractivity contribution in [3.8, 4) is 0 Å². The van der Waals surface area contributed by atoms with Crippen LogP contribution in [-0.2, 0) is 35.7 Å². The third kappa shape index (κ3) is 4.04. The molecule has 1 aromatic rings. The van der Waals surface area contributed by atoms with Crippen LogP contribution in [0.25, 0.3) is 0 Å². The van der Waals surface area contributed by atoms with E-state index in [0.717, 1.165) is 50.8 Å². The monoisotopic (exact) mass is 379 g/mol. The zero-order chi connectivity index (χ0) is 18.7. The van der Waals surface area contributed by atoms with Gasteiger partial charge in [-0.1, -0.05) is 13.0 Å². The summed E-state index contributed by atoms with van der Waals surface area (Å²) >= 11 is 0. The molecule has 0 aromatic heterocycles. The van der Waals surface area contributed by atoms with Gasteiger partial charge in [0.25, 0.3) is 0 Å². The standard InChI is InChI=1S/C19H29N3O3S/c1-3-20-11-10-13(2)26(24,25)22-19(23)21-18-16-8-4-6-14(16)12-15-7-5-9-17(15)18/h12-13,20H,3-11H2,1-2H3,(H2,21,22,23). The van der Waals surface area contributed by atoms with Gasteiger partial charge < -0.3 is 10.6 Å². The molecule has 3 N–H and O–H groups in total. The maximum Gasteiger partial charge on any atom is 0.332 e. The van der Waals surface area contributed by atoms with Gasteiger partial charge in [0.1, 0.15) is 0 Å². The van der Waals surface area contributed by atoms with E-state index in [1.807, 2.05) is 6.92 Å². The number of hydrogen-bond acceptors (Lipinski definition) is 4. The molecule has 0 saturated carbocycles. The molecule has 1 aromatic carbocycles. The predicted molar refractivity (Wildman–Crippen MR) is 104 cm³/mol. The average Bonchev–Trinajstić information content (AvgIpc) is 3.23. The molecular formula is C19H29N3O3S. The van der Waals surface area contributed by atoms with Crippen molar-refractivity contribution in [3.63, 3.8) is 0 Å². The summed E-state index contributed by atoms with van der Waals surface area (Å²) in [6.07, 6.45) is 6.63. The molecule has 0 spiro atoms. The fourth-order valence-electron chi connectivity index (χ4n) is 3.97. The highest BCUT2D eigenvalue weighted by atomic mass is 32.2. The van der Waals surface area contributed by atoms with Gasteiger partial charge >= 0.3 is 6.03 Å². The number of benzene rings is 1. The summed E-state index contributed by atoms with van der Waals surface area (Å²) in [5.74, 6) is 0. The third-order valence-corrected chi connectivity index (χ3v) is 7.22. The number of nitrogens with one attached hydrogen (secondary N) is 3. The smallest absolute Gasteiger partial charge is 0.317 e. The number of carbonyl (C=O) groups is 1. The summed E-state index contributed by atoms with van der Waals surface area (Å²) in [6, 6.07) is 1.64. The van der Waals surface area contributed by atoms with E-state index in [4.69, 9.17) is 0 Å². The van der Waals surface area contributed by atoms with Gasteiger partial charge in [-0.05, 0) is 87.2 Å². The minimum Gasteiger partial charge on any atom is -0.317 e. The number of fused-ring (bicyclic) bond motifs is 2. The van der Waals surface area contributed by atoms with E-state index in [2.05, 4.69) is 21.4 Å². The van der Waals surface area contributed by atoms with Crippen LogP contribution >= 0.6 is 0 Å². The molecule has 0 heterocycles. The molecule has 0 aliphatic heterocycles. The minimum absolute atomic E-state index is 0.465. The van der Waals surface area contributed by atoms with Crippen LogP contribution in [0.3, 0.4) is 0 Å². The van der Waals surface area contributed by atoms with E-state index in [-0.39, 0.29) is 0 Å². The molecule has 0 bridgehead atoms. The number of aryl methyl sites for hydroxylation is 2. The first-order valence-corrected chi connectivity index (χ1v) is 11.2. The lowest BCUT2D eigenvalue weighted by molar-refractivity contribution is 0.256. The Labute approximate surface area is 156 Å². The van der Waals surface area contributed by atoms with E-state index in [0.29, 0.717) is 13.0 Å². The second kappa shape index (κ2) is 7.96. The summed E-state index contributed by atoms with van der Waals surface area (Å²) in [5, 5.41) is 5.36. The molecule has 0 radical (unpaired) electrons. The van der Waals surface area contributed by atoms with E-state index in [1.165, 1.54) is 22.3 Å².